The predicted molar refractivity (Wildman–Crippen MR) is 94.5 cm³/mol. The number of carbonyl (C=O) groups excluding carboxylic acids is 1. The molecule has 0 bridgehead atoms. The second-order valence-electron chi connectivity index (χ2n) is 7.37. The summed E-state index contributed by atoms with van der Waals surface area (Å²) < 4.78 is 5.96. The van der Waals surface area contributed by atoms with Crippen LogP contribution in [0.2, 0.25) is 0 Å². The standard InChI is InChI=1S/C20H22N2O2/c1-12-6-5-7-15-17(12)19(23)22(4)18(21-15)13-8-9-16-14(10-13)11-20(2,3)24-16/h5-10,18,21H,11H2,1-4H3. The zero-order valence-electron chi connectivity index (χ0n) is 14.5. The number of rotatable bonds is 1. The molecule has 1 atom stereocenters. The quantitative estimate of drug-likeness (QED) is 0.865. The van der Waals surface area contributed by atoms with Gasteiger partial charge in [-0.3, -0.25) is 4.79 Å². The fourth-order valence-electron chi connectivity index (χ4n) is 3.72. The number of nitrogens with zero attached hydrogens (tertiary/aromatic N) is 1. The summed E-state index contributed by atoms with van der Waals surface area (Å²) in [6.07, 6.45) is 0.719. The van der Waals surface area contributed by atoms with Gasteiger partial charge in [-0.2, -0.15) is 0 Å². The lowest BCUT2D eigenvalue weighted by molar-refractivity contribution is 0.0734. The normalized spacial score (nSPS) is 20.9. The third-order valence-electron chi connectivity index (χ3n) is 4.89. The molecule has 0 saturated carbocycles. The largest absolute Gasteiger partial charge is 0.487 e. The van der Waals surface area contributed by atoms with Crippen LogP contribution in [0.1, 0.15) is 47.1 Å². The summed E-state index contributed by atoms with van der Waals surface area (Å²) in [5, 5.41) is 3.51. The molecule has 0 saturated heterocycles. The summed E-state index contributed by atoms with van der Waals surface area (Å²) in [6.45, 7) is 6.17. The molecular weight excluding hydrogens is 300 g/mol. The van der Waals surface area contributed by atoms with Gasteiger partial charge >= 0.3 is 0 Å². The fourth-order valence-corrected chi connectivity index (χ4v) is 3.72. The lowest BCUT2D eigenvalue weighted by Gasteiger charge is -2.36. The number of hydrogen-bond acceptors (Lipinski definition) is 3. The Kier molecular flexibility index (Phi) is 3.14. The van der Waals surface area contributed by atoms with Gasteiger partial charge in [0.25, 0.3) is 5.91 Å². The molecule has 0 aromatic heterocycles. The first-order chi connectivity index (χ1) is 11.4. The van der Waals surface area contributed by atoms with E-state index in [9.17, 15) is 4.79 Å². The monoisotopic (exact) mass is 322 g/mol. The smallest absolute Gasteiger partial charge is 0.257 e. The van der Waals surface area contributed by atoms with Crippen molar-refractivity contribution in [1.29, 1.82) is 0 Å². The highest BCUT2D eigenvalue weighted by Crippen LogP contribution is 2.39. The van der Waals surface area contributed by atoms with Gasteiger partial charge in [-0.15, -0.1) is 0 Å². The predicted octanol–water partition coefficient (Wildman–Crippen LogP) is 3.90. The highest BCUT2D eigenvalue weighted by atomic mass is 16.5. The first-order valence-electron chi connectivity index (χ1n) is 8.31. The molecule has 0 spiro atoms. The second-order valence-corrected chi connectivity index (χ2v) is 7.37. The van der Waals surface area contributed by atoms with Gasteiger partial charge in [0.15, 0.2) is 0 Å². The average Bonchev–Trinajstić information content (AvgIpc) is 2.83. The number of anilines is 1. The van der Waals surface area contributed by atoms with E-state index in [4.69, 9.17) is 4.74 Å². The maximum Gasteiger partial charge on any atom is 0.257 e. The number of amides is 1. The van der Waals surface area contributed by atoms with Crippen LogP contribution in [0.5, 0.6) is 5.75 Å². The summed E-state index contributed by atoms with van der Waals surface area (Å²) >= 11 is 0. The highest BCUT2D eigenvalue weighted by molar-refractivity contribution is 6.02. The molecule has 2 heterocycles. The number of ether oxygens (including phenoxy) is 1. The lowest BCUT2D eigenvalue weighted by atomic mass is 9.97. The first-order valence-corrected chi connectivity index (χ1v) is 8.31. The van der Waals surface area contributed by atoms with Crippen LogP contribution in [0.25, 0.3) is 0 Å². The summed E-state index contributed by atoms with van der Waals surface area (Å²) in [5.74, 6) is 1.01. The number of nitrogens with one attached hydrogen (secondary N) is 1. The Morgan fingerprint density at radius 1 is 1.25 bits per heavy atom. The van der Waals surface area contributed by atoms with Gasteiger partial charge in [-0.25, -0.2) is 0 Å². The third kappa shape index (κ3) is 2.25. The van der Waals surface area contributed by atoms with Crippen LogP contribution in [0, 0.1) is 6.92 Å². The van der Waals surface area contributed by atoms with Crippen molar-refractivity contribution in [2.24, 2.45) is 0 Å². The van der Waals surface area contributed by atoms with E-state index in [1.165, 1.54) is 5.56 Å². The van der Waals surface area contributed by atoms with Crippen molar-refractivity contribution in [3.8, 4) is 5.75 Å². The molecule has 2 aromatic rings. The first kappa shape index (κ1) is 15.1. The Hall–Kier alpha value is -2.49. The van der Waals surface area contributed by atoms with Crippen LogP contribution in [0.15, 0.2) is 36.4 Å². The summed E-state index contributed by atoms with van der Waals surface area (Å²) in [4.78, 5) is 14.6. The minimum Gasteiger partial charge on any atom is -0.487 e. The van der Waals surface area contributed by atoms with Crippen molar-refractivity contribution >= 4 is 11.6 Å². The van der Waals surface area contributed by atoms with Gasteiger partial charge in [0, 0.05) is 19.2 Å². The zero-order valence-corrected chi connectivity index (χ0v) is 14.5. The van der Waals surface area contributed by atoms with Gasteiger partial charge < -0.3 is 15.0 Å². The van der Waals surface area contributed by atoms with Gasteiger partial charge in [0.1, 0.15) is 17.5 Å². The molecule has 2 aliphatic rings. The van der Waals surface area contributed by atoms with E-state index in [2.05, 4.69) is 25.2 Å². The van der Waals surface area contributed by atoms with Crippen LogP contribution >= 0.6 is 0 Å². The molecule has 2 aromatic carbocycles. The Labute approximate surface area is 142 Å². The number of carbonyl (C=O) groups is 1. The van der Waals surface area contributed by atoms with Crippen LogP contribution in [-0.2, 0) is 6.42 Å². The highest BCUT2D eigenvalue weighted by Gasteiger charge is 2.34. The van der Waals surface area contributed by atoms with Gasteiger partial charge in [0.2, 0.25) is 0 Å². The molecule has 0 fully saturated rings. The minimum atomic E-state index is -0.166. The molecule has 0 radical (unpaired) electrons. The molecule has 1 unspecified atom stereocenters. The zero-order chi connectivity index (χ0) is 17.1. The van der Waals surface area contributed by atoms with E-state index in [-0.39, 0.29) is 17.7 Å². The van der Waals surface area contributed by atoms with Crippen molar-refractivity contribution in [2.75, 3.05) is 12.4 Å². The Bertz CT molecular complexity index is 842. The van der Waals surface area contributed by atoms with Gasteiger partial charge in [-0.1, -0.05) is 18.2 Å². The van der Waals surface area contributed by atoms with E-state index < -0.39 is 0 Å². The molecule has 1 N–H and O–H groups in total. The number of hydrogen-bond donors (Lipinski definition) is 1. The fraction of sp³-hybridized carbons (Fsp3) is 0.350. The molecule has 2 aliphatic heterocycles. The van der Waals surface area contributed by atoms with Crippen LogP contribution in [0.4, 0.5) is 5.69 Å². The third-order valence-corrected chi connectivity index (χ3v) is 4.89. The summed E-state index contributed by atoms with van der Waals surface area (Å²) in [5.41, 5.74) is 4.79. The van der Waals surface area contributed by atoms with E-state index >= 15 is 0 Å². The topological polar surface area (TPSA) is 41.6 Å². The number of fused-ring (bicyclic) bond motifs is 2. The van der Waals surface area contributed by atoms with Crippen molar-refractivity contribution in [2.45, 2.75) is 39.0 Å². The lowest BCUT2D eigenvalue weighted by Crippen LogP contribution is -2.40. The molecule has 4 nitrogen and oxygen atoms in total. The number of aryl methyl sites for hydroxylation is 1. The molecule has 4 heteroatoms. The van der Waals surface area contributed by atoms with Crippen LogP contribution in [0.3, 0.4) is 0 Å². The molecule has 124 valence electrons. The maximum atomic E-state index is 12.8. The van der Waals surface area contributed by atoms with Crippen molar-refractivity contribution in [3.63, 3.8) is 0 Å². The molecule has 0 aliphatic carbocycles. The molecule has 1 amide bonds. The Morgan fingerprint density at radius 2 is 2.04 bits per heavy atom. The molecule has 4 rings (SSSR count). The van der Waals surface area contributed by atoms with E-state index in [0.717, 1.165) is 34.5 Å². The SMILES string of the molecule is Cc1cccc2c1C(=O)N(C)C(c1ccc3c(c1)CC(C)(C)O3)N2. The van der Waals surface area contributed by atoms with Crippen LogP contribution in [-0.4, -0.2) is 23.5 Å². The Morgan fingerprint density at radius 3 is 2.83 bits per heavy atom. The maximum absolute atomic E-state index is 12.8. The Balaban J connectivity index is 1.73. The molecule has 24 heavy (non-hydrogen) atoms. The summed E-state index contributed by atoms with van der Waals surface area (Å²) in [7, 11) is 1.85. The summed E-state index contributed by atoms with van der Waals surface area (Å²) in [6, 6.07) is 12.1. The van der Waals surface area contributed by atoms with Crippen molar-refractivity contribution in [3.05, 3.63) is 58.7 Å². The van der Waals surface area contributed by atoms with E-state index in [1.54, 1.807) is 4.90 Å². The number of benzene rings is 2. The van der Waals surface area contributed by atoms with Crippen LogP contribution < -0.4 is 10.1 Å². The van der Waals surface area contributed by atoms with Gasteiger partial charge in [0.05, 0.1) is 5.56 Å². The van der Waals surface area contributed by atoms with Crippen molar-refractivity contribution in [1.82, 2.24) is 4.90 Å². The van der Waals surface area contributed by atoms with E-state index in [1.807, 2.05) is 44.3 Å². The minimum absolute atomic E-state index is 0.0592. The van der Waals surface area contributed by atoms with Gasteiger partial charge in [-0.05, 0) is 55.7 Å². The van der Waals surface area contributed by atoms with E-state index in [0.29, 0.717) is 0 Å². The van der Waals surface area contributed by atoms with Crippen molar-refractivity contribution < 1.29 is 9.53 Å². The molecular formula is C20H22N2O2. The average molecular weight is 322 g/mol. The second kappa shape index (κ2) is 5.00.